The molecule has 1 heterocycles. The van der Waals surface area contributed by atoms with Crippen LogP contribution >= 0.6 is 0 Å². The molecular formula is C5H6NO. The topological polar surface area (TPSA) is 42.9 Å². The predicted molar refractivity (Wildman–Crippen MR) is 26.2 cm³/mol. The molecule has 1 N–H and O–H groups in total. The lowest BCUT2D eigenvalue weighted by Gasteiger charge is -1.70. The van der Waals surface area contributed by atoms with Gasteiger partial charge in [-0.25, -0.2) is 0 Å². The van der Waals surface area contributed by atoms with Crippen LogP contribution in [0.15, 0.2) is 30.6 Å². The van der Waals surface area contributed by atoms with Crippen LogP contribution in [0.3, 0.4) is 0 Å². The van der Waals surface area contributed by atoms with Gasteiger partial charge in [0.15, 0.2) is 0 Å². The van der Waals surface area contributed by atoms with E-state index in [1.807, 2.05) is 18.2 Å². The van der Waals surface area contributed by atoms with Crippen LogP contribution < -0.4 is 0 Å². The molecule has 0 saturated carbocycles. The van der Waals surface area contributed by atoms with E-state index < -0.39 is 0 Å². The number of hydrogen-bond acceptors (Lipinski definition) is 1. The molecule has 1 aromatic heterocycles. The lowest BCUT2D eigenvalue weighted by atomic mass is 10.5. The third-order valence-corrected chi connectivity index (χ3v) is 0.566. The van der Waals surface area contributed by atoms with Crippen molar-refractivity contribution in [3.8, 4) is 0 Å². The van der Waals surface area contributed by atoms with Crippen molar-refractivity contribution in [2.24, 2.45) is 0 Å². The van der Waals surface area contributed by atoms with Crippen molar-refractivity contribution in [3.63, 3.8) is 0 Å². The van der Waals surface area contributed by atoms with Gasteiger partial charge in [0.05, 0.1) is 0 Å². The first-order chi connectivity index (χ1) is 3.00. The average molecular weight is 96.1 g/mol. The van der Waals surface area contributed by atoms with Crippen LogP contribution in [0.2, 0.25) is 0 Å². The maximum Gasteiger partial charge on any atom is 0.0267 e. The molecule has 0 amide bonds. The molecule has 0 unspecified atom stereocenters. The largest absolute Gasteiger partial charge is 0.265 e. The highest BCUT2D eigenvalue weighted by atomic mass is 16.0. The van der Waals surface area contributed by atoms with Gasteiger partial charge < -0.3 is 0 Å². The van der Waals surface area contributed by atoms with Gasteiger partial charge >= 0.3 is 0 Å². The molecule has 2 heteroatoms. The van der Waals surface area contributed by atoms with Gasteiger partial charge in [-0.1, -0.05) is 6.07 Å². The second-order valence-corrected chi connectivity index (χ2v) is 1.02. The van der Waals surface area contributed by atoms with Crippen LogP contribution in [0.1, 0.15) is 0 Å². The predicted octanol–water partition coefficient (Wildman–Crippen LogP) is 0.905. The van der Waals surface area contributed by atoms with Gasteiger partial charge in [0.2, 0.25) is 0 Å². The van der Waals surface area contributed by atoms with E-state index in [9.17, 15) is 0 Å². The highest BCUT2D eigenvalue weighted by Crippen LogP contribution is 1.73. The summed E-state index contributed by atoms with van der Waals surface area (Å²) in [5.41, 5.74) is 0. The number of hydrogen-bond donors (Lipinski definition) is 1. The number of nitrogens with zero attached hydrogens (tertiary/aromatic N) is 1. The molecule has 0 aliphatic rings. The van der Waals surface area contributed by atoms with E-state index in [0.29, 0.717) is 0 Å². The van der Waals surface area contributed by atoms with Gasteiger partial charge in [0.25, 0.3) is 0 Å². The molecule has 1 radical (unpaired) electrons. The van der Waals surface area contributed by atoms with E-state index in [4.69, 9.17) is 0 Å². The molecule has 7 heavy (non-hydrogen) atoms. The quantitative estimate of drug-likeness (QED) is 0.512. The Bertz CT molecular complexity index is 80.0. The zero-order chi connectivity index (χ0) is 4.24. The zero-order valence-electron chi connectivity index (χ0n) is 3.78. The third-order valence-electron chi connectivity index (χ3n) is 0.566. The molecule has 0 saturated heterocycles. The molecular weight excluding hydrogens is 90.1 g/mol. The summed E-state index contributed by atoms with van der Waals surface area (Å²) in [6.45, 7) is 0. The molecule has 0 fully saturated rings. The fourth-order valence-corrected chi connectivity index (χ4v) is 0.313. The zero-order valence-corrected chi connectivity index (χ0v) is 3.78. The number of rotatable bonds is 0. The molecule has 0 aliphatic heterocycles. The van der Waals surface area contributed by atoms with Crippen molar-refractivity contribution in [3.05, 3.63) is 30.6 Å². The molecule has 0 aromatic carbocycles. The summed E-state index contributed by atoms with van der Waals surface area (Å²) in [5.74, 6) is 0. The Morgan fingerprint density at radius 1 is 0.857 bits per heavy atom. The van der Waals surface area contributed by atoms with E-state index in [2.05, 4.69) is 4.98 Å². The first-order valence-electron chi connectivity index (χ1n) is 1.85. The minimum Gasteiger partial charge on any atom is -0.265 e. The van der Waals surface area contributed by atoms with Crippen molar-refractivity contribution in [2.75, 3.05) is 0 Å². The van der Waals surface area contributed by atoms with Gasteiger partial charge in [-0.15, -0.1) is 0 Å². The van der Waals surface area contributed by atoms with E-state index in [1.54, 1.807) is 12.4 Å². The van der Waals surface area contributed by atoms with Gasteiger partial charge in [-0.3, -0.25) is 10.5 Å². The normalized spacial score (nSPS) is 6.86. The van der Waals surface area contributed by atoms with E-state index in [0.717, 1.165) is 0 Å². The summed E-state index contributed by atoms with van der Waals surface area (Å²) in [5, 5.41) is 0. The molecule has 1 aromatic rings. The molecule has 0 atom stereocenters. The van der Waals surface area contributed by atoms with Crippen LogP contribution in [0.4, 0.5) is 0 Å². The maximum absolute atomic E-state index is 3.78. The van der Waals surface area contributed by atoms with E-state index >= 15 is 0 Å². The smallest absolute Gasteiger partial charge is 0.0267 e. The third kappa shape index (κ3) is 1.89. The van der Waals surface area contributed by atoms with Gasteiger partial charge in [-0.2, -0.15) is 0 Å². The Kier molecular flexibility index (Phi) is 2.89. The SMILES string of the molecule is [OH].c1ccncc1. The van der Waals surface area contributed by atoms with Crippen LogP contribution in [-0.4, -0.2) is 10.5 Å². The van der Waals surface area contributed by atoms with Gasteiger partial charge in [-0.05, 0) is 12.1 Å². The minimum absolute atomic E-state index is 0. The Morgan fingerprint density at radius 2 is 1.43 bits per heavy atom. The van der Waals surface area contributed by atoms with Crippen LogP contribution in [0, 0.1) is 0 Å². The van der Waals surface area contributed by atoms with Crippen molar-refractivity contribution in [1.29, 1.82) is 0 Å². The van der Waals surface area contributed by atoms with E-state index in [-0.39, 0.29) is 5.48 Å². The molecule has 0 spiro atoms. The summed E-state index contributed by atoms with van der Waals surface area (Å²) in [6.07, 6.45) is 3.50. The van der Waals surface area contributed by atoms with Crippen molar-refractivity contribution >= 4 is 0 Å². The van der Waals surface area contributed by atoms with Crippen LogP contribution in [0.25, 0.3) is 0 Å². The van der Waals surface area contributed by atoms with Gasteiger partial charge in [0, 0.05) is 12.4 Å². The highest BCUT2D eigenvalue weighted by molar-refractivity contribution is 4.88. The monoisotopic (exact) mass is 96.0 g/mol. The summed E-state index contributed by atoms with van der Waals surface area (Å²) in [4.78, 5) is 3.78. The second-order valence-electron chi connectivity index (χ2n) is 1.02. The summed E-state index contributed by atoms with van der Waals surface area (Å²) < 4.78 is 0. The molecule has 2 nitrogen and oxygen atoms in total. The highest BCUT2D eigenvalue weighted by Gasteiger charge is 1.58. The molecule has 1 rings (SSSR count). The Hall–Kier alpha value is -0.890. The second kappa shape index (κ2) is 3.31. The maximum atomic E-state index is 3.78. The lowest BCUT2D eigenvalue weighted by molar-refractivity contribution is 0.824. The molecule has 0 bridgehead atoms. The van der Waals surface area contributed by atoms with Crippen molar-refractivity contribution < 1.29 is 5.48 Å². The Labute approximate surface area is 42.1 Å². The van der Waals surface area contributed by atoms with Crippen LogP contribution in [-0.2, 0) is 0 Å². The van der Waals surface area contributed by atoms with Crippen molar-refractivity contribution in [2.45, 2.75) is 0 Å². The number of aromatic nitrogens is 1. The standard InChI is InChI=1S/C5H5N.HO/c1-2-4-6-5-3-1;/h1-5H;1H. The summed E-state index contributed by atoms with van der Waals surface area (Å²) in [7, 11) is 0. The molecule has 37 valence electrons. The Morgan fingerprint density at radius 3 is 1.57 bits per heavy atom. The molecule has 0 aliphatic carbocycles. The summed E-state index contributed by atoms with van der Waals surface area (Å²) in [6, 6.07) is 5.72. The van der Waals surface area contributed by atoms with Gasteiger partial charge in [0.1, 0.15) is 0 Å². The fourth-order valence-electron chi connectivity index (χ4n) is 0.313. The first-order valence-corrected chi connectivity index (χ1v) is 1.85. The van der Waals surface area contributed by atoms with Crippen molar-refractivity contribution in [1.82, 2.24) is 4.98 Å². The minimum atomic E-state index is 0. The first kappa shape index (κ1) is 6.11. The summed E-state index contributed by atoms with van der Waals surface area (Å²) >= 11 is 0. The van der Waals surface area contributed by atoms with E-state index in [1.165, 1.54) is 0 Å². The Balaban J connectivity index is 0.000000360. The number of pyridine rings is 1. The fraction of sp³-hybridized carbons (Fsp3) is 0. The average Bonchev–Trinajstić information content (AvgIpc) is 1.72. The van der Waals surface area contributed by atoms with Crippen LogP contribution in [0.5, 0.6) is 0 Å². The lowest BCUT2D eigenvalue weighted by Crippen LogP contribution is -1.58.